The molecule has 0 bridgehead atoms. The average molecular weight is 264 g/mol. The Morgan fingerprint density at radius 3 is 2.95 bits per heavy atom. The smallest absolute Gasteiger partial charge is 0.301 e. The Bertz CT molecular complexity index is 595. The van der Waals surface area contributed by atoms with Gasteiger partial charge in [0.05, 0.1) is 6.26 Å². The molecule has 0 spiro atoms. The predicted molar refractivity (Wildman–Crippen MR) is 65.8 cm³/mol. The van der Waals surface area contributed by atoms with Crippen molar-refractivity contribution in [3.63, 3.8) is 0 Å². The molecule has 2 rings (SSSR count). The summed E-state index contributed by atoms with van der Waals surface area (Å²) in [5.74, 6) is 4.82. The largest absolute Gasteiger partial charge is 0.489 e. The third kappa shape index (κ3) is 2.92. The summed E-state index contributed by atoms with van der Waals surface area (Å²) in [6.45, 7) is 1.78. The minimum Gasteiger partial charge on any atom is -0.489 e. The number of benzene rings is 1. The molecular weight excluding hydrogens is 251 g/mol. The minimum absolute atomic E-state index is 0.0985. The molecule has 0 saturated heterocycles. The van der Waals surface area contributed by atoms with Crippen LogP contribution in [0.3, 0.4) is 0 Å². The first-order valence-corrected chi connectivity index (χ1v) is 5.58. The van der Waals surface area contributed by atoms with Gasteiger partial charge in [-0.25, -0.2) is 10.2 Å². The number of halogens is 1. The summed E-state index contributed by atoms with van der Waals surface area (Å²) in [5, 5.41) is 0. The predicted octanol–water partition coefficient (Wildman–Crippen LogP) is 1.91. The van der Waals surface area contributed by atoms with E-state index in [1.165, 1.54) is 18.4 Å². The normalized spacial score (nSPS) is 10.3. The summed E-state index contributed by atoms with van der Waals surface area (Å²) in [7, 11) is 0. The van der Waals surface area contributed by atoms with Crippen LogP contribution in [0.5, 0.6) is 5.75 Å². The molecule has 1 aromatic carbocycles. The van der Waals surface area contributed by atoms with E-state index in [1.54, 1.807) is 19.1 Å². The van der Waals surface area contributed by atoms with E-state index < -0.39 is 5.91 Å². The summed E-state index contributed by atoms with van der Waals surface area (Å²) in [5.41, 5.74) is 3.04. The van der Waals surface area contributed by atoms with Crippen LogP contribution >= 0.6 is 0 Å². The quantitative estimate of drug-likeness (QED) is 0.502. The Morgan fingerprint density at radius 2 is 2.26 bits per heavy atom. The second kappa shape index (κ2) is 5.53. The van der Waals surface area contributed by atoms with E-state index in [0.29, 0.717) is 16.9 Å². The van der Waals surface area contributed by atoms with E-state index in [2.05, 4.69) is 0 Å². The topological polar surface area (TPSA) is 77.5 Å². The first kappa shape index (κ1) is 13.1. The van der Waals surface area contributed by atoms with Crippen LogP contribution in [0.25, 0.3) is 0 Å². The van der Waals surface area contributed by atoms with Gasteiger partial charge >= 0.3 is 5.91 Å². The zero-order valence-electron chi connectivity index (χ0n) is 10.3. The second-order valence-corrected chi connectivity index (χ2v) is 3.95. The van der Waals surface area contributed by atoms with Gasteiger partial charge in [-0.05, 0) is 36.8 Å². The van der Waals surface area contributed by atoms with E-state index in [4.69, 9.17) is 15.0 Å². The highest BCUT2D eigenvalue weighted by Crippen LogP contribution is 2.19. The van der Waals surface area contributed by atoms with Crippen LogP contribution in [0.4, 0.5) is 4.39 Å². The highest BCUT2D eigenvalue weighted by Gasteiger charge is 2.14. The monoisotopic (exact) mass is 264 g/mol. The fourth-order valence-corrected chi connectivity index (χ4v) is 1.58. The standard InChI is InChI=1S/C13H13FN2O3/c1-8-6-10(2-3-11(8)14)19-7-9-4-5-18-12(9)13(17)16-15/h2-6H,7,15H2,1H3,(H,16,17). The van der Waals surface area contributed by atoms with Gasteiger partial charge in [-0.1, -0.05) is 0 Å². The molecule has 6 heteroatoms. The van der Waals surface area contributed by atoms with Crippen molar-refractivity contribution in [1.82, 2.24) is 5.43 Å². The number of furan rings is 1. The van der Waals surface area contributed by atoms with Crippen molar-refractivity contribution in [3.05, 3.63) is 53.2 Å². The lowest BCUT2D eigenvalue weighted by atomic mass is 10.2. The molecule has 1 amide bonds. The summed E-state index contributed by atoms with van der Waals surface area (Å²) >= 11 is 0. The molecule has 0 radical (unpaired) electrons. The lowest BCUT2D eigenvalue weighted by molar-refractivity contribution is 0.0922. The second-order valence-electron chi connectivity index (χ2n) is 3.95. The van der Waals surface area contributed by atoms with Crippen LogP contribution in [0.1, 0.15) is 21.7 Å². The number of amides is 1. The molecule has 3 N–H and O–H groups in total. The van der Waals surface area contributed by atoms with Gasteiger partial charge in [0.25, 0.3) is 0 Å². The summed E-state index contributed by atoms with van der Waals surface area (Å²) in [6, 6.07) is 6.04. The van der Waals surface area contributed by atoms with Crippen molar-refractivity contribution < 1.29 is 18.3 Å². The van der Waals surface area contributed by atoms with Crippen LogP contribution in [0.2, 0.25) is 0 Å². The van der Waals surface area contributed by atoms with Gasteiger partial charge in [-0.2, -0.15) is 0 Å². The Kier molecular flexibility index (Phi) is 3.82. The first-order chi connectivity index (χ1) is 9.11. The van der Waals surface area contributed by atoms with E-state index >= 15 is 0 Å². The van der Waals surface area contributed by atoms with Crippen molar-refractivity contribution in [2.75, 3.05) is 0 Å². The van der Waals surface area contributed by atoms with Crippen molar-refractivity contribution in [3.8, 4) is 5.75 Å². The van der Waals surface area contributed by atoms with Gasteiger partial charge in [-0.15, -0.1) is 0 Å². The van der Waals surface area contributed by atoms with Crippen LogP contribution in [0.15, 0.2) is 34.9 Å². The van der Waals surface area contributed by atoms with Crippen molar-refractivity contribution in [1.29, 1.82) is 0 Å². The number of rotatable bonds is 4. The number of nitrogens with one attached hydrogen (secondary N) is 1. The van der Waals surface area contributed by atoms with Crippen molar-refractivity contribution in [2.45, 2.75) is 13.5 Å². The van der Waals surface area contributed by atoms with Gasteiger partial charge in [0.2, 0.25) is 0 Å². The number of hydrogen-bond acceptors (Lipinski definition) is 4. The van der Waals surface area contributed by atoms with Gasteiger partial charge in [0.15, 0.2) is 5.76 Å². The third-order valence-electron chi connectivity index (χ3n) is 2.61. The Hall–Kier alpha value is -2.34. The number of hydrogen-bond donors (Lipinski definition) is 2. The number of hydrazine groups is 1. The van der Waals surface area contributed by atoms with Crippen LogP contribution < -0.4 is 16.0 Å². The molecule has 0 aliphatic rings. The number of ether oxygens (including phenoxy) is 1. The van der Waals surface area contributed by atoms with Gasteiger partial charge in [-0.3, -0.25) is 10.2 Å². The van der Waals surface area contributed by atoms with Gasteiger partial charge in [0, 0.05) is 5.56 Å². The molecule has 0 unspecified atom stereocenters. The number of aryl methyl sites for hydroxylation is 1. The maximum Gasteiger partial charge on any atom is 0.301 e. The van der Waals surface area contributed by atoms with Crippen LogP contribution in [-0.4, -0.2) is 5.91 Å². The molecule has 0 atom stereocenters. The van der Waals surface area contributed by atoms with Crippen molar-refractivity contribution in [2.24, 2.45) is 5.84 Å². The minimum atomic E-state index is -0.529. The van der Waals surface area contributed by atoms with Gasteiger partial charge in [0.1, 0.15) is 18.2 Å². The zero-order valence-corrected chi connectivity index (χ0v) is 10.3. The number of nitrogen functional groups attached to an aromatic ring is 1. The Balaban J connectivity index is 2.08. The number of nitrogens with two attached hydrogens (primary N) is 1. The molecule has 0 saturated carbocycles. The summed E-state index contributed by atoms with van der Waals surface area (Å²) in [4.78, 5) is 11.4. The fraction of sp³-hybridized carbons (Fsp3) is 0.154. The highest BCUT2D eigenvalue weighted by atomic mass is 19.1. The third-order valence-corrected chi connectivity index (χ3v) is 2.61. The number of carbonyl (C=O) groups excluding carboxylic acids is 1. The average Bonchev–Trinajstić information content (AvgIpc) is 2.87. The molecule has 100 valence electrons. The SMILES string of the molecule is Cc1cc(OCc2ccoc2C(=O)NN)ccc1F. The van der Waals surface area contributed by atoms with E-state index in [1.807, 2.05) is 5.43 Å². The van der Waals surface area contributed by atoms with E-state index in [-0.39, 0.29) is 18.2 Å². The lowest BCUT2D eigenvalue weighted by Crippen LogP contribution is -2.30. The Labute approximate surface area is 109 Å². The molecule has 0 aliphatic carbocycles. The molecule has 19 heavy (non-hydrogen) atoms. The molecule has 2 aromatic rings. The summed E-state index contributed by atoms with van der Waals surface area (Å²) < 4.78 is 23.6. The molecule has 0 fully saturated rings. The van der Waals surface area contributed by atoms with Crippen LogP contribution in [0, 0.1) is 12.7 Å². The molecular formula is C13H13FN2O3. The highest BCUT2D eigenvalue weighted by molar-refractivity contribution is 5.92. The van der Waals surface area contributed by atoms with Crippen LogP contribution in [-0.2, 0) is 6.61 Å². The number of carbonyl (C=O) groups is 1. The van der Waals surface area contributed by atoms with Crippen molar-refractivity contribution >= 4 is 5.91 Å². The summed E-state index contributed by atoms with van der Waals surface area (Å²) in [6.07, 6.45) is 1.37. The molecule has 0 aliphatic heterocycles. The zero-order chi connectivity index (χ0) is 13.8. The molecule has 1 aromatic heterocycles. The maximum absolute atomic E-state index is 13.1. The Morgan fingerprint density at radius 1 is 1.47 bits per heavy atom. The van der Waals surface area contributed by atoms with Gasteiger partial charge < -0.3 is 9.15 Å². The lowest BCUT2D eigenvalue weighted by Gasteiger charge is -2.07. The van der Waals surface area contributed by atoms with E-state index in [0.717, 1.165) is 0 Å². The maximum atomic E-state index is 13.1. The first-order valence-electron chi connectivity index (χ1n) is 5.58. The fourth-order valence-electron chi connectivity index (χ4n) is 1.58. The molecule has 1 heterocycles. The molecule has 5 nitrogen and oxygen atoms in total. The van der Waals surface area contributed by atoms with E-state index in [9.17, 15) is 9.18 Å².